The maximum absolute atomic E-state index is 11.6. The highest BCUT2D eigenvalue weighted by Crippen LogP contribution is 2.37. The van der Waals surface area contributed by atoms with Crippen molar-refractivity contribution in [3.05, 3.63) is 23.9 Å². The number of hydrogen-bond acceptors (Lipinski definition) is 3. The fourth-order valence-corrected chi connectivity index (χ4v) is 1.86. The van der Waals surface area contributed by atoms with Gasteiger partial charge in [-0.3, -0.25) is 9.59 Å². The molecule has 1 aliphatic carbocycles. The standard InChI is InChI=1S/C14H19N3O2/c1-9-3-4-12(16-8-9)17-13(18)5-6-15-14(19)11-7-10(11)2/h3-4,8,10-11H,5-7H2,1-2H3,(H,15,19)(H,16,17,18)/t10-,11-/m0/s1. The summed E-state index contributed by atoms with van der Waals surface area (Å²) < 4.78 is 0. The Kier molecular flexibility index (Phi) is 4.14. The number of carbonyl (C=O) groups is 2. The van der Waals surface area contributed by atoms with Gasteiger partial charge in [0, 0.05) is 25.1 Å². The Bertz CT molecular complexity index is 470. The van der Waals surface area contributed by atoms with Crippen LogP contribution in [0.25, 0.3) is 0 Å². The maximum atomic E-state index is 11.6. The van der Waals surface area contributed by atoms with Crippen molar-refractivity contribution in [2.24, 2.45) is 11.8 Å². The Balaban J connectivity index is 1.67. The number of rotatable bonds is 5. The lowest BCUT2D eigenvalue weighted by Gasteiger charge is -2.06. The van der Waals surface area contributed by atoms with Crippen LogP contribution in [0.2, 0.25) is 0 Å². The van der Waals surface area contributed by atoms with Gasteiger partial charge in [-0.15, -0.1) is 0 Å². The highest BCUT2D eigenvalue weighted by Gasteiger charge is 2.38. The number of hydrogen-bond donors (Lipinski definition) is 2. The number of nitrogens with zero attached hydrogens (tertiary/aromatic N) is 1. The minimum atomic E-state index is -0.138. The van der Waals surface area contributed by atoms with E-state index in [0.29, 0.717) is 18.3 Å². The van der Waals surface area contributed by atoms with Crippen LogP contribution in [0.15, 0.2) is 18.3 Å². The van der Waals surface area contributed by atoms with Gasteiger partial charge in [-0.25, -0.2) is 4.98 Å². The van der Waals surface area contributed by atoms with E-state index in [2.05, 4.69) is 22.5 Å². The van der Waals surface area contributed by atoms with Crippen LogP contribution in [-0.2, 0) is 9.59 Å². The van der Waals surface area contributed by atoms with Crippen molar-refractivity contribution in [2.45, 2.75) is 26.7 Å². The van der Waals surface area contributed by atoms with Gasteiger partial charge < -0.3 is 10.6 Å². The topological polar surface area (TPSA) is 71.1 Å². The first kappa shape index (κ1) is 13.5. The highest BCUT2D eigenvalue weighted by atomic mass is 16.2. The van der Waals surface area contributed by atoms with E-state index >= 15 is 0 Å². The molecule has 1 fully saturated rings. The van der Waals surface area contributed by atoms with Gasteiger partial charge in [-0.1, -0.05) is 13.0 Å². The third-order valence-corrected chi connectivity index (χ3v) is 3.28. The Morgan fingerprint density at radius 2 is 2.16 bits per heavy atom. The first-order chi connectivity index (χ1) is 9.06. The molecule has 2 N–H and O–H groups in total. The van der Waals surface area contributed by atoms with E-state index in [1.807, 2.05) is 13.0 Å². The van der Waals surface area contributed by atoms with Gasteiger partial charge in [-0.05, 0) is 30.9 Å². The molecule has 1 aromatic heterocycles. The van der Waals surface area contributed by atoms with Gasteiger partial charge in [0.1, 0.15) is 5.82 Å². The molecule has 1 saturated carbocycles. The van der Waals surface area contributed by atoms with Gasteiger partial charge in [0.25, 0.3) is 0 Å². The predicted molar refractivity (Wildman–Crippen MR) is 72.5 cm³/mol. The molecular weight excluding hydrogens is 242 g/mol. The van der Waals surface area contributed by atoms with Crippen LogP contribution in [0, 0.1) is 18.8 Å². The van der Waals surface area contributed by atoms with Gasteiger partial charge in [0.05, 0.1) is 0 Å². The fourth-order valence-electron chi connectivity index (χ4n) is 1.86. The summed E-state index contributed by atoms with van der Waals surface area (Å²) in [5, 5.41) is 5.48. The molecule has 0 unspecified atom stereocenters. The third-order valence-electron chi connectivity index (χ3n) is 3.28. The Morgan fingerprint density at radius 1 is 1.42 bits per heavy atom. The first-order valence-electron chi connectivity index (χ1n) is 6.56. The molecule has 2 rings (SSSR count). The predicted octanol–water partition coefficient (Wildman–Crippen LogP) is 1.49. The smallest absolute Gasteiger partial charge is 0.227 e. The van der Waals surface area contributed by atoms with E-state index in [4.69, 9.17) is 0 Å². The Morgan fingerprint density at radius 3 is 2.74 bits per heavy atom. The van der Waals surface area contributed by atoms with Gasteiger partial charge in [0.15, 0.2) is 0 Å². The second-order valence-corrected chi connectivity index (χ2v) is 5.13. The summed E-state index contributed by atoms with van der Waals surface area (Å²) in [7, 11) is 0. The summed E-state index contributed by atoms with van der Waals surface area (Å²) in [6.07, 6.45) is 2.93. The third kappa shape index (κ3) is 4.05. The second-order valence-electron chi connectivity index (χ2n) is 5.13. The van der Waals surface area contributed by atoms with Crippen molar-refractivity contribution in [3.8, 4) is 0 Å². The van der Waals surface area contributed by atoms with Gasteiger partial charge in [0.2, 0.25) is 11.8 Å². The maximum Gasteiger partial charge on any atom is 0.227 e. The van der Waals surface area contributed by atoms with Crippen molar-refractivity contribution in [1.82, 2.24) is 10.3 Å². The largest absolute Gasteiger partial charge is 0.355 e. The van der Waals surface area contributed by atoms with Crippen LogP contribution in [-0.4, -0.2) is 23.3 Å². The van der Waals surface area contributed by atoms with E-state index in [1.165, 1.54) is 0 Å². The zero-order chi connectivity index (χ0) is 13.8. The minimum absolute atomic E-state index is 0.0637. The Labute approximate surface area is 112 Å². The minimum Gasteiger partial charge on any atom is -0.355 e. The zero-order valence-corrected chi connectivity index (χ0v) is 11.3. The molecule has 1 heterocycles. The molecule has 0 spiro atoms. The van der Waals surface area contributed by atoms with Crippen LogP contribution in [0.4, 0.5) is 5.82 Å². The summed E-state index contributed by atoms with van der Waals surface area (Å²) in [5.41, 5.74) is 1.05. The van der Waals surface area contributed by atoms with E-state index in [9.17, 15) is 9.59 Å². The molecule has 5 nitrogen and oxygen atoms in total. The molecule has 1 aliphatic rings. The average Bonchev–Trinajstić information content (AvgIpc) is 3.09. The fraction of sp³-hybridized carbons (Fsp3) is 0.500. The summed E-state index contributed by atoms with van der Waals surface area (Å²) in [4.78, 5) is 27.3. The van der Waals surface area contributed by atoms with Crippen molar-refractivity contribution >= 4 is 17.6 Å². The number of aromatic nitrogens is 1. The van der Waals surface area contributed by atoms with E-state index < -0.39 is 0 Å². The number of nitrogens with one attached hydrogen (secondary N) is 2. The van der Waals surface area contributed by atoms with Crippen LogP contribution < -0.4 is 10.6 Å². The lowest BCUT2D eigenvalue weighted by Crippen LogP contribution is -2.29. The summed E-state index contributed by atoms with van der Waals surface area (Å²) in [6.45, 7) is 4.37. The van der Waals surface area contributed by atoms with Crippen LogP contribution in [0.1, 0.15) is 25.3 Å². The average molecular weight is 261 g/mol. The number of anilines is 1. The number of carbonyl (C=O) groups excluding carboxylic acids is 2. The lowest BCUT2D eigenvalue weighted by atomic mass is 10.3. The quantitative estimate of drug-likeness (QED) is 0.843. The summed E-state index contributed by atoms with van der Waals surface area (Å²) in [5.74, 6) is 1.11. The normalized spacial score (nSPS) is 20.7. The van der Waals surface area contributed by atoms with Crippen molar-refractivity contribution in [1.29, 1.82) is 0 Å². The molecule has 5 heteroatoms. The van der Waals surface area contributed by atoms with Crippen LogP contribution >= 0.6 is 0 Å². The molecule has 102 valence electrons. The summed E-state index contributed by atoms with van der Waals surface area (Å²) >= 11 is 0. The Hall–Kier alpha value is -1.91. The molecule has 0 bridgehead atoms. The molecule has 0 radical (unpaired) electrons. The second kappa shape index (κ2) is 5.82. The SMILES string of the molecule is Cc1ccc(NC(=O)CCNC(=O)[C@H]2C[C@@H]2C)nc1. The van der Waals surface area contributed by atoms with Gasteiger partial charge >= 0.3 is 0 Å². The first-order valence-corrected chi connectivity index (χ1v) is 6.56. The molecule has 1 aromatic rings. The van der Waals surface area contributed by atoms with Crippen molar-refractivity contribution < 1.29 is 9.59 Å². The lowest BCUT2D eigenvalue weighted by molar-refractivity contribution is -0.122. The number of amides is 2. The molecule has 19 heavy (non-hydrogen) atoms. The molecule has 0 aliphatic heterocycles. The molecule has 0 aromatic carbocycles. The van der Waals surface area contributed by atoms with Crippen molar-refractivity contribution in [2.75, 3.05) is 11.9 Å². The zero-order valence-electron chi connectivity index (χ0n) is 11.3. The molecule has 0 saturated heterocycles. The number of pyridine rings is 1. The van der Waals surface area contributed by atoms with Crippen LogP contribution in [0.3, 0.4) is 0 Å². The monoisotopic (exact) mass is 261 g/mol. The van der Waals surface area contributed by atoms with E-state index in [-0.39, 0.29) is 24.2 Å². The highest BCUT2D eigenvalue weighted by molar-refractivity contribution is 5.90. The molecule has 2 atom stereocenters. The van der Waals surface area contributed by atoms with Gasteiger partial charge in [-0.2, -0.15) is 0 Å². The van der Waals surface area contributed by atoms with Crippen molar-refractivity contribution in [3.63, 3.8) is 0 Å². The van der Waals surface area contributed by atoms with E-state index in [1.54, 1.807) is 12.3 Å². The molecular formula is C14H19N3O2. The van der Waals surface area contributed by atoms with E-state index in [0.717, 1.165) is 12.0 Å². The molecule has 2 amide bonds. The van der Waals surface area contributed by atoms with Crippen LogP contribution in [0.5, 0.6) is 0 Å². The summed E-state index contributed by atoms with van der Waals surface area (Å²) in [6, 6.07) is 3.65. The number of aryl methyl sites for hydroxylation is 1.